The maximum atomic E-state index is 5.37. The van der Waals surface area contributed by atoms with Gasteiger partial charge < -0.3 is 0 Å². The van der Waals surface area contributed by atoms with E-state index in [9.17, 15) is 0 Å². The second kappa shape index (κ2) is 15.5. The molecule has 0 saturated carbocycles. The van der Waals surface area contributed by atoms with E-state index >= 15 is 0 Å². The summed E-state index contributed by atoms with van der Waals surface area (Å²) in [6.07, 6.45) is 0. The molecule has 11 aromatic rings. The van der Waals surface area contributed by atoms with Crippen LogP contribution >= 0.6 is 0 Å². The topological polar surface area (TPSA) is 56.5 Å². The number of hydrogen-bond acceptors (Lipinski definition) is 4. The number of benzene rings is 9. The van der Waals surface area contributed by atoms with Gasteiger partial charge in [0.25, 0.3) is 0 Å². The van der Waals surface area contributed by atoms with Crippen molar-refractivity contribution in [1.82, 2.24) is 24.7 Å². The largest absolute Gasteiger partial charge is 0.232 e. The minimum atomic E-state index is 0.616. The molecule has 0 aliphatic heterocycles. The van der Waals surface area contributed by atoms with Crippen LogP contribution in [0.25, 0.3) is 106 Å². The Bertz CT molecular complexity index is 3330. The third-order valence-corrected chi connectivity index (χ3v) is 11.2. The molecule has 0 bridgehead atoms. The fraction of sp³-hybridized carbons (Fsp3) is 0. The Morgan fingerprint density at radius 2 is 0.754 bits per heavy atom. The second-order valence-corrected chi connectivity index (χ2v) is 15.1. The van der Waals surface area contributed by atoms with E-state index < -0.39 is 0 Å². The van der Waals surface area contributed by atoms with Gasteiger partial charge in [-0.15, -0.1) is 0 Å². The Morgan fingerprint density at radius 3 is 1.34 bits per heavy atom. The molecule has 5 heteroatoms. The lowest BCUT2D eigenvalue weighted by Crippen LogP contribution is -2.00. The van der Waals surface area contributed by atoms with Gasteiger partial charge in [0.2, 0.25) is 0 Å². The molecule has 5 nitrogen and oxygen atoms in total. The first-order valence-corrected chi connectivity index (χ1v) is 20.5. The minimum absolute atomic E-state index is 0.616. The highest BCUT2D eigenvalue weighted by atomic mass is 15.3. The van der Waals surface area contributed by atoms with Gasteiger partial charge in [-0.25, -0.2) is 19.6 Å². The van der Waals surface area contributed by atoms with Gasteiger partial charge in [-0.3, -0.25) is 0 Å². The molecule has 0 aliphatic rings. The highest BCUT2D eigenvalue weighted by molar-refractivity contribution is 6.17. The number of fused-ring (bicyclic) bond motifs is 3. The first kappa shape index (κ1) is 35.8. The summed E-state index contributed by atoms with van der Waals surface area (Å²) in [6, 6.07) is 78.1. The van der Waals surface area contributed by atoms with Crippen LogP contribution in [0.4, 0.5) is 0 Å². The molecule has 61 heavy (non-hydrogen) atoms. The highest BCUT2D eigenvalue weighted by Crippen LogP contribution is 2.43. The lowest BCUT2D eigenvalue weighted by molar-refractivity contribution is 0.918. The van der Waals surface area contributed by atoms with E-state index in [1.54, 1.807) is 0 Å². The smallest absolute Gasteiger partial charge is 0.164 e. The first-order valence-electron chi connectivity index (χ1n) is 20.5. The monoisotopic (exact) mass is 779 g/mol. The van der Waals surface area contributed by atoms with E-state index in [0.29, 0.717) is 17.5 Å². The standard InChI is InChI=1S/C56H37N5/c1-6-18-38(19-7-1)42-26-16-28-45(34-42)55-57-54(41-24-12-4-13-25-41)58-56(59-55)46-29-17-27-43(35-46)44-32-33-49-47(36-44)37-50(39-20-8-2-9-21-39)51-52(40-22-10-3-11-23-40)60-61(53(49)51)48-30-14-5-15-31-48/h1-37H. The van der Waals surface area contributed by atoms with E-state index in [1.165, 1.54) is 0 Å². The van der Waals surface area contributed by atoms with Crippen molar-refractivity contribution < 1.29 is 0 Å². The molecule has 286 valence electrons. The SMILES string of the molecule is c1ccc(-c2cccc(-c3nc(-c4ccccc4)nc(-c4cccc(-c5ccc6c(c5)cc(-c5ccccc5)c5c(-c7ccccc7)nn(-c7ccccc7)c56)c4)n3)c2)cc1. The molecule has 0 radical (unpaired) electrons. The maximum Gasteiger partial charge on any atom is 0.164 e. The van der Waals surface area contributed by atoms with E-state index in [-0.39, 0.29) is 0 Å². The van der Waals surface area contributed by atoms with Crippen molar-refractivity contribution in [3.63, 3.8) is 0 Å². The molecule has 0 atom stereocenters. The fourth-order valence-corrected chi connectivity index (χ4v) is 8.28. The summed E-state index contributed by atoms with van der Waals surface area (Å²) in [6.45, 7) is 0. The number of hydrogen-bond donors (Lipinski definition) is 0. The summed E-state index contributed by atoms with van der Waals surface area (Å²) >= 11 is 0. The Hall–Kier alpha value is -8.28. The quantitative estimate of drug-likeness (QED) is 0.154. The number of aromatic nitrogens is 5. The van der Waals surface area contributed by atoms with Crippen LogP contribution in [0.1, 0.15) is 0 Å². The van der Waals surface area contributed by atoms with Crippen LogP contribution in [0.5, 0.6) is 0 Å². The van der Waals surface area contributed by atoms with Gasteiger partial charge in [-0.2, -0.15) is 5.10 Å². The molecule has 0 amide bonds. The second-order valence-electron chi connectivity index (χ2n) is 15.1. The van der Waals surface area contributed by atoms with Crippen LogP contribution in [0.3, 0.4) is 0 Å². The molecule has 0 saturated heterocycles. The van der Waals surface area contributed by atoms with E-state index in [4.69, 9.17) is 20.1 Å². The molecule has 9 aromatic carbocycles. The summed E-state index contributed by atoms with van der Waals surface area (Å²) in [7, 11) is 0. The fourth-order valence-electron chi connectivity index (χ4n) is 8.28. The Kier molecular flexibility index (Phi) is 9.10. The average Bonchev–Trinajstić information content (AvgIpc) is 3.76. The molecule has 2 heterocycles. The number of nitrogens with zero attached hydrogens (tertiary/aromatic N) is 5. The summed E-state index contributed by atoms with van der Waals surface area (Å²) < 4.78 is 2.12. The third kappa shape index (κ3) is 6.84. The van der Waals surface area contributed by atoms with E-state index in [0.717, 1.165) is 88.7 Å². The molecule has 11 rings (SSSR count). The number of rotatable bonds is 8. The summed E-state index contributed by atoms with van der Waals surface area (Å²) in [4.78, 5) is 15.2. The van der Waals surface area contributed by atoms with Crippen LogP contribution in [0, 0.1) is 0 Å². The lowest BCUT2D eigenvalue weighted by Gasteiger charge is -2.13. The van der Waals surface area contributed by atoms with Crippen LogP contribution in [0.15, 0.2) is 224 Å². The normalized spacial score (nSPS) is 11.3. The Balaban J connectivity index is 1.08. The predicted octanol–water partition coefficient (Wildman–Crippen LogP) is 14.0. The van der Waals surface area contributed by atoms with E-state index in [1.807, 2.05) is 42.5 Å². The zero-order valence-electron chi connectivity index (χ0n) is 33.1. The summed E-state index contributed by atoms with van der Waals surface area (Å²) in [5.41, 5.74) is 13.6. The van der Waals surface area contributed by atoms with Gasteiger partial charge in [0.15, 0.2) is 17.5 Å². The molecular formula is C56H37N5. The molecule has 0 spiro atoms. The zero-order chi connectivity index (χ0) is 40.5. The van der Waals surface area contributed by atoms with Crippen LogP contribution in [0.2, 0.25) is 0 Å². The van der Waals surface area contributed by atoms with Gasteiger partial charge in [-0.1, -0.05) is 188 Å². The van der Waals surface area contributed by atoms with Gasteiger partial charge in [-0.05, 0) is 75.2 Å². The average molecular weight is 780 g/mol. The molecule has 0 aliphatic carbocycles. The van der Waals surface area contributed by atoms with Gasteiger partial charge in [0.05, 0.1) is 11.2 Å². The summed E-state index contributed by atoms with van der Waals surface area (Å²) in [5.74, 6) is 1.87. The summed E-state index contributed by atoms with van der Waals surface area (Å²) in [5, 5.41) is 8.74. The van der Waals surface area contributed by atoms with Crippen LogP contribution in [-0.2, 0) is 0 Å². The maximum absolute atomic E-state index is 5.37. The van der Waals surface area contributed by atoms with Crippen LogP contribution in [-0.4, -0.2) is 24.7 Å². The zero-order valence-corrected chi connectivity index (χ0v) is 33.1. The molecule has 2 aromatic heterocycles. The van der Waals surface area contributed by atoms with Crippen molar-refractivity contribution in [2.75, 3.05) is 0 Å². The number of para-hydroxylation sites is 1. The molecule has 0 N–H and O–H groups in total. The van der Waals surface area contributed by atoms with E-state index in [2.05, 4.69) is 187 Å². The first-order chi connectivity index (χ1) is 30.2. The van der Waals surface area contributed by atoms with Crippen molar-refractivity contribution in [1.29, 1.82) is 0 Å². The van der Waals surface area contributed by atoms with Gasteiger partial charge in [0, 0.05) is 33.0 Å². The predicted molar refractivity (Wildman–Crippen MR) is 250 cm³/mol. The minimum Gasteiger partial charge on any atom is -0.232 e. The molecule has 0 fully saturated rings. The molecular weight excluding hydrogens is 743 g/mol. The highest BCUT2D eigenvalue weighted by Gasteiger charge is 2.22. The van der Waals surface area contributed by atoms with Crippen molar-refractivity contribution in [3.8, 4) is 84.5 Å². The third-order valence-electron chi connectivity index (χ3n) is 11.2. The Morgan fingerprint density at radius 1 is 0.311 bits per heavy atom. The molecule has 0 unspecified atom stereocenters. The Labute approximate surface area is 354 Å². The van der Waals surface area contributed by atoms with Crippen molar-refractivity contribution in [3.05, 3.63) is 224 Å². The van der Waals surface area contributed by atoms with Crippen molar-refractivity contribution in [2.45, 2.75) is 0 Å². The van der Waals surface area contributed by atoms with Crippen molar-refractivity contribution in [2.24, 2.45) is 0 Å². The van der Waals surface area contributed by atoms with Crippen molar-refractivity contribution >= 4 is 21.7 Å². The van der Waals surface area contributed by atoms with Crippen LogP contribution < -0.4 is 0 Å². The lowest BCUT2D eigenvalue weighted by atomic mass is 9.92. The van der Waals surface area contributed by atoms with Gasteiger partial charge in [0.1, 0.15) is 5.69 Å². The van der Waals surface area contributed by atoms with Gasteiger partial charge >= 0.3 is 0 Å².